The van der Waals surface area contributed by atoms with Crippen LogP contribution in [0.1, 0.15) is 38.9 Å². The molecule has 1 N–H and O–H groups in total. The van der Waals surface area contributed by atoms with Gasteiger partial charge in [-0.1, -0.05) is 18.2 Å². The van der Waals surface area contributed by atoms with Gasteiger partial charge in [0.15, 0.2) is 0 Å². The molecule has 6 rings (SSSR count). The van der Waals surface area contributed by atoms with Gasteiger partial charge in [0, 0.05) is 29.7 Å². The van der Waals surface area contributed by atoms with Crippen molar-refractivity contribution in [1.29, 1.82) is 0 Å². The molecule has 8 heteroatoms. The van der Waals surface area contributed by atoms with Crippen LogP contribution in [0.2, 0.25) is 0 Å². The summed E-state index contributed by atoms with van der Waals surface area (Å²) in [5.41, 5.74) is 6.45. The number of aromatic nitrogens is 1. The lowest BCUT2D eigenvalue weighted by Crippen LogP contribution is -2.38. The van der Waals surface area contributed by atoms with Crippen LogP contribution in [0.5, 0.6) is 11.5 Å². The molecule has 2 aliphatic heterocycles. The number of nitrogens with zero attached hydrogens (tertiary/aromatic N) is 3. The highest BCUT2D eigenvalue weighted by atomic mass is 32.1. The highest BCUT2D eigenvalue weighted by Gasteiger charge is 2.36. The van der Waals surface area contributed by atoms with Crippen LogP contribution in [0.25, 0.3) is 5.00 Å². The van der Waals surface area contributed by atoms with Gasteiger partial charge >= 0.3 is 6.03 Å². The third kappa shape index (κ3) is 4.23. The fraction of sp³-hybridized carbons (Fsp3) is 0.300. The van der Waals surface area contributed by atoms with Crippen molar-refractivity contribution in [3.8, 4) is 16.5 Å². The average Bonchev–Trinajstić information content (AvgIpc) is 3.50. The number of aryl methyl sites for hydroxylation is 1. The number of thiophene rings is 1. The second-order valence-electron chi connectivity index (χ2n) is 10.0. The SMILES string of the molecule is COc1ccc([C@@H]2c3cccn3-c3sc4c(c3CN2C(=O)Nc2cc(C)ccc2OC)CCN(C)C4)cc1. The molecule has 0 aliphatic carbocycles. The Morgan fingerprint density at radius 1 is 1.03 bits per heavy atom. The van der Waals surface area contributed by atoms with E-state index in [-0.39, 0.29) is 12.1 Å². The van der Waals surface area contributed by atoms with Gasteiger partial charge in [0.1, 0.15) is 16.5 Å². The molecule has 1 atom stereocenters. The smallest absolute Gasteiger partial charge is 0.323 e. The van der Waals surface area contributed by atoms with E-state index in [9.17, 15) is 4.79 Å². The van der Waals surface area contributed by atoms with Crippen LogP contribution in [-0.2, 0) is 19.5 Å². The van der Waals surface area contributed by atoms with Crippen LogP contribution in [0.3, 0.4) is 0 Å². The summed E-state index contributed by atoms with van der Waals surface area (Å²) in [5, 5.41) is 4.39. The maximum Gasteiger partial charge on any atom is 0.323 e. The number of fused-ring (bicyclic) bond motifs is 5. The van der Waals surface area contributed by atoms with E-state index in [0.717, 1.165) is 42.1 Å². The van der Waals surface area contributed by atoms with Crippen LogP contribution >= 0.6 is 11.3 Å². The molecule has 0 saturated carbocycles. The number of nitrogens with one attached hydrogen (secondary N) is 1. The summed E-state index contributed by atoms with van der Waals surface area (Å²) in [5.74, 6) is 1.43. The minimum Gasteiger partial charge on any atom is -0.497 e. The van der Waals surface area contributed by atoms with Gasteiger partial charge in [0.25, 0.3) is 0 Å². The second kappa shape index (κ2) is 9.85. The number of carbonyl (C=O) groups excluding carboxylic acids is 1. The zero-order valence-corrected chi connectivity index (χ0v) is 23.0. The van der Waals surface area contributed by atoms with Gasteiger partial charge < -0.3 is 29.2 Å². The summed E-state index contributed by atoms with van der Waals surface area (Å²) in [6.07, 6.45) is 3.12. The molecule has 4 heterocycles. The van der Waals surface area contributed by atoms with Gasteiger partial charge in [-0.3, -0.25) is 0 Å². The number of benzene rings is 2. The van der Waals surface area contributed by atoms with Gasteiger partial charge in [0.05, 0.1) is 38.2 Å². The van der Waals surface area contributed by atoms with Crippen molar-refractivity contribution >= 4 is 23.1 Å². The third-order valence-electron chi connectivity index (χ3n) is 7.54. The highest BCUT2D eigenvalue weighted by molar-refractivity contribution is 7.15. The maximum atomic E-state index is 14.2. The van der Waals surface area contributed by atoms with E-state index in [2.05, 4.69) is 52.3 Å². The molecule has 2 aliphatic rings. The molecule has 2 aromatic heterocycles. The van der Waals surface area contributed by atoms with E-state index in [1.807, 2.05) is 53.5 Å². The number of hydrogen-bond donors (Lipinski definition) is 1. The van der Waals surface area contributed by atoms with E-state index >= 15 is 0 Å². The molecule has 2 aromatic carbocycles. The Labute approximate surface area is 227 Å². The minimum absolute atomic E-state index is 0.164. The van der Waals surface area contributed by atoms with Crippen molar-refractivity contribution in [2.24, 2.45) is 0 Å². The average molecular weight is 529 g/mol. The molecule has 0 unspecified atom stereocenters. The number of amides is 2. The van der Waals surface area contributed by atoms with E-state index in [1.165, 1.54) is 21.0 Å². The van der Waals surface area contributed by atoms with Crippen LogP contribution in [-0.4, -0.2) is 48.2 Å². The Kier molecular flexibility index (Phi) is 6.37. The summed E-state index contributed by atoms with van der Waals surface area (Å²) in [6.45, 7) is 4.49. The van der Waals surface area contributed by atoms with Gasteiger partial charge in [-0.25, -0.2) is 4.79 Å². The Bertz CT molecular complexity index is 1490. The number of anilines is 1. The lowest BCUT2D eigenvalue weighted by atomic mass is 10.00. The molecule has 0 spiro atoms. The van der Waals surface area contributed by atoms with Crippen molar-refractivity contribution in [3.63, 3.8) is 0 Å². The largest absolute Gasteiger partial charge is 0.497 e. The number of likely N-dealkylation sites (N-methyl/N-ethyl adjacent to an activating group) is 1. The molecule has 196 valence electrons. The summed E-state index contributed by atoms with van der Waals surface area (Å²) in [6, 6.07) is 17.6. The van der Waals surface area contributed by atoms with E-state index < -0.39 is 0 Å². The summed E-state index contributed by atoms with van der Waals surface area (Å²) >= 11 is 1.85. The fourth-order valence-corrected chi connectivity index (χ4v) is 7.04. The van der Waals surface area contributed by atoms with E-state index in [1.54, 1.807) is 14.2 Å². The van der Waals surface area contributed by atoms with E-state index in [4.69, 9.17) is 9.47 Å². The fourth-order valence-electron chi connectivity index (χ4n) is 5.60. The Morgan fingerprint density at radius 2 is 1.84 bits per heavy atom. The number of ether oxygens (including phenoxy) is 2. The molecular weight excluding hydrogens is 496 g/mol. The zero-order chi connectivity index (χ0) is 26.4. The Balaban J connectivity index is 1.49. The molecule has 0 radical (unpaired) electrons. The minimum atomic E-state index is -0.284. The number of carbonyl (C=O) groups is 1. The quantitative estimate of drug-likeness (QED) is 0.354. The summed E-state index contributed by atoms with van der Waals surface area (Å²) in [4.78, 5) is 19.9. The predicted octanol–water partition coefficient (Wildman–Crippen LogP) is 5.99. The summed E-state index contributed by atoms with van der Waals surface area (Å²) < 4.78 is 13.3. The van der Waals surface area contributed by atoms with Crippen LogP contribution < -0.4 is 14.8 Å². The first-order valence-corrected chi connectivity index (χ1v) is 13.6. The van der Waals surface area contributed by atoms with Crippen molar-refractivity contribution in [2.75, 3.05) is 33.1 Å². The normalized spacial score (nSPS) is 16.7. The van der Waals surface area contributed by atoms with E-state index in [0.29, 0.717) is 18.0 Å². The molecular formula is C30H32N4O3S. The standard InChI is InChI=1S/C30H32N4O3S/c1-19-7-12-26(37-4)24(16-19)31-30(35)34-17-23-22-13-15-32(2)18-27(22)38-29(23)33-14-5-6-25(33)28(34)20-8-10-21(36-3)11-9-20/h5-12,14,16,28H,13,15,17-18H2,1-4H3,(H,31,35)/t28-/m1/s1. The molecule has 0 bridgehead atoms. The molecule has 4 aromatic rings. The molecule has 7 nitrogen and oxygen atoms in total. The molecule has 0 fully saturated rings. The topological polar surface area (TPSA) is 59.0 Å². The Hall–Kier alpha value is -3.75. The van der Waals surface area contributed by atoms with Crippen molar-refractivity contribution in [2.45, 2.75) is 32.5 Å². The first kappa shape index (κ1) is 24.6. The van der Waals surface area contributed by atoms with Gasteiger partial charge in [-0.15, -0.1) is 11.3 Å². The number of urea groups is 1. The Morgan fingerprint density at radius 3 is 2.61 bits per heavy atom. The highest BCUT2D eigenvalue weighted by Crippen LogP contribution is 2.44. The number of hydrogen-bond acceptors (Lipinski definition) is 5. The monoisotopic (exact) mass is 528 g/mol. The molecule has 0 saturated heterocycles. The predicted molar refractivity (Wildman–Crippen MR) is 151 cm³/mol. The first-order chi connectivity index (χ1) is 18.5. The van der Waals surface area contributed by atoms with Crippen LogP contribution in [0.15, 0.2) is 60.8 Å². The number of rotatable bonds is 4. The lowest BCUT2D eigenvalue weighted by molar-refractivity contribution is 0.194. The van der Waals surface area contributed by atoms with Crippen LogP contribution in [0.4, 0.5) is 10.5 Å². The van der Waals surface area contributed by atoms with Crippen LogP contribution in [0, 0.1) is 6.92 Å². The first-order valence-electron chi connectivity index (χ1n) is 12.8. The van der Waals surface area contributed by atoms with Gasteiger partial charge in [-0.2, -0.15) is 0 Å². The number of methoxy groups -OCH3 is 2. The van der Waals surface area contributed by atoms with Crippen molar-refractivity contribution in [3.05, 3.63) is 93.6 Å². The van der Waals surface area contributed by atoms with Gasteiger partial charge in [-0.05, 0) is 73.5 Å². The molecule has 2 amide bonds. The van der Waals surface area contributed by atoms with Gasteiger partial charge in [0.2, 0.25) is 0 Å². The van der Waals surface area contributed by atoms with Crippen molar-refractivity contribution < 1.29 is 14.3 Å². The third-order valence-corrected chi connectivity index (χ3v) is 8.80. The molecule has 38 heavy (non-hydrogen) atoms. The zero-order valence-electron chi connectivity index (χ0n) is 22.2. The lowest BCUT2D eigenvalue weighted by Gasteiger charge is -2.32. The second-order valence-corrected chi connectivity index (χ2v) is 11.1. The summed E-state index contributed by atoms with van der Waals surface area (Å²) in [7, 11) is 5.46. The maximum absolute atomic E-state index is 14.2. The van der Waals surface area contributed by atoms with Crippen molar-refractivity contribution in [1.82, 2.24) is 14.4 Å².